The maximum Gasteiger partial charge on any atom is 0.333 e. The number of carboxylic acid groups (broad SMARTS) is 1. The molecule has 6 heteroatoms. The number of carbonyl (C=O) groups excluding carboxylic acids is 1. The molecule has 0 radical (unpaired) electrons. The van der Waals surface area contributed by atoms with Crippen LogP contribution in [0.3, 0.4) is 0 Å². The topological polar surface area (TPSA) is 76.1 Å². The van der Waals surface area contributed by atoms with E-state index < -0.39 is 12.1 Å². The molecule has 2 rings (SSSR count). The molecule has 0 saturated carbocycles. The molecule has 0 aliphatic heterocycles. The molecule has 2 aromatic rings. The number of hydrogen-bond acceptors (Lipinski definition) is 4. The number of nitrogens with zero attached hydrogens (tertiary/aromatic N) is 1. The van der Waals surface area contributed by atoms with Gasteiger partial charge in [-0.3, -0.25) is 4.79 Å². The van der Waals surface area contributed by atoms with Gasteiger partial charge in [-0.15, -0.1) is 0 Å². The number of benzene rings is 2. The maximum atomic E-state index is 12.4. The second-order valence-corrected chi connectivity index (χ2v) is 6.29. The number of amides is 1. The van der Waals surface area contributed by atoms with E-state index in [0.29, 0.717) is 5.75 Å². The second kappa shape index (κ2) is 9.73. The van der Waals surface area contributed by atoms with Crippen LogP contribution in [0.4, 0.5) is 0 Å². The molecule has 0 bridgehead atoms. The van der Waals surface area contributed by atoms with E-state index in [4.69, 9.17) is 14.6 Å². The van der Waals surface area contributed by atoms with Crippen LogP contribution in [0.1, 0.15) is 24.1 Å². The van der Waals surface area contributed by atoms with E-state index in [1.165, 1.54) is 7.11 Å². The Balaban J connectivity index is 1.88. The molecule has 0 saturated heterocycles. The van der Waals surface area contributed by atoms with E-state index >= 15 is 0 Å². The lowest BCUT2D eigenvalue weighted by molar-refractivity contribution is -0.148. The molecule has 27 heavy (non-hydrogen) atoms. The third-order valence-corrected chi connectivity index (χ3v) is 4.52. The minimum Gasteiger partial charge on any atom is -0.484 e. The van der Waals surface area contributed by atoms with Gasteiger partial charge in [0, 0.05) is 20.6 Å². The van der Waals surface area contributed by atoms with E-state index in [1.54, 1.807) is 36.2 Å². The lowest BCUT2D eigenvalue weighted by Crippen LogP contribution is -2.33. The van der Waals surface area contributed by atoms with E-state index in [0.717, 1.165) is 11.1 Å². The van der Waals surface area contributed by atoms with Crippen molar-refractivity contribution in [1.29, 1.82) is 0 Å². The Morgan fingerprint density at radius 2 is 1.70 bits per heavy atom. The number of likely N-dealkylation sites (N-methyl/N-ethyl adjacent to an activating group) is 1. The van der Waals surface area contributed by atoms with Gasteiger partial charge in [-0.2, -0.15) is 0 Å². The first kappa shape index (κ1) is 20.5. The predicted molar refractivity (Wildman–Crippen MR) is 102 cm³/mol. The zero-order valence-corrected chi connectivity index (χ0v) is 15.8. The Bertz CT molecular complexity index is 745. The summed E-state index contributed by atoms with van der Waals surface area (Å²) in [6.45, 7) is 1.90. The van der Waals surface area contributed by atoms with Crippen molar-refractivity contribution >= 4 is 11.9 Å². The van der Waals surface area contributed by atoms with Crippen molar-refractivity contribution in [2.75, 3.05) is 20.8 Å². The van der Waals surface area contributed by atoms with Gasteiger partial charge in [0.25, 0.3) is 5.91 Å². The first-order chi connectivity index (χ1) is 12.9. The summed E-state index contributed by atoms with van der Waals surface area (Å²) in [6.07, 6.45) is -0.617. The Morgan fingerprint density at radius 1 is 1.07 bits per heavy atom. The van der Waals surface area contributed by atoms with Crippen LogP contribution in [0.25, 0.3) is 0 Å². The fourth-order valence-corrected chi connectivity index (χ4v) is 2.63. The van der Waals surface area contributed by atoms with Crippen LogP contribution in [0.2, 0.25) is 0 Å². The smallest absolute Gasteiger partial charge is 0.333 e. The van der Waals surface area contributed by atoms with Crippen molar-refractivity contribution in [3.63, 3.8) is 0 Å². The van der Waals surface area contributed by atoms with E-state index in [2.05, 4.69) is 0 Å². The van der Waals surface area contributed by atoms with Gasteiger partial charge in [0.2, 0.25) is 0 Å². The Labute approximate surface area is 159 Å². The van der Waals surface area contributed by atoms with Gasteiger partial charge >= 0.3 is 5.97 Å². The van der Waals surface area contributed by atoms with E-state index in [9.17, 15) is 9.59 Å². The molecule has 0 aliphatic rings. The van der Waals surface area contributed by atoms with Crippen molar-refractivity contribution in [3.8, 4) is 5.75 Å². The zero-order valence-electron chi connectivity index (χ0n) is 15.8. The monoisotopic (exact) mass is 371 g/mol. The lowest BCUT2D eigenvalue weighted by Gasteiger charge is -2.25. The fraction of sp³-hybridized carbons (Fsp3) is 0.333. The molecular formula is C21H25NO5. The highest BCUT2D eigenvalue weighted by atomic mass is 16.5. The van der Waals surface area contributed by atoms with Crippen LogP contribution in [-0.2, 0) is 20.7 Å². The lowest BCUT2D eigenvalue weighted by atomic mass is 10.1. The largest absolute Gasteiger partial charge is 0.484 e. The van der Waals surface area contributed by atoms with Crippen molar-refractivity contribution in [3.05, 3.63) is 65.7 Å². The highest BCUT2D eigenvalue weighted by Crippen LogP contribution is 2.19. The Hall–Kier alpha value is -2.86. The van der Waals surface area contributed by atoms with Gasteiger partial charge in [0.15, 0.2) is 12.7 Å². The molecular weight excluding hydrogens is 346 g/mol. The number of rotatable bonds is 9. The maximum absolute atomic E-state index is 12.4. The van der Waals surface area contributed by atoms with Gasteiger partial charge in [-0.05, 0) is 30.2 Å². The van der Waals surface area contributed by atoms with Crippen molar-refractivity contribution in [2.24, 2.45) is 0 Å². The van der Waals surface area contributed by atoms with E-state index in [-0.39, 0.29) is 25.0 Å². The summed E-state index contributed by atoms with van der Waals surface area (Å²) in [5.41, 5.74) is 1.88. The van der Waals surface area contributed by atoms with Crippen LogP contribution in [0.5, 0.6) is 5.75 Å². The first-order valence-corrected chi connectivity index (χ1v) is 8.70. The summed E-state index contributed by atoms with van der Waals surface area (Å²) in [7, 11) is 3.12. The minimum atomic E-state index is -1.00. The van der Waals surface area contributed by atoms with Gasteiger partial charge in [-0.1, -0.05) is 42.5 Å². The molecule has 2 atom stereocenters. The molecule has 0 aromatic heterocycles. The minimum absolute atomic E-state index is 0.0494. The molecule has 6 nitrogen and oxygen atoms in total. The molecule has 0 heterocycles. The second-order valence-electron chi connectivity index (χ2n) is 6.29. The molecule has 0 spiro atoms. The van der Waals surface area contributed by atoms with Crippen LogP contribution in [-0.4, -0.2) is 48.8 Å². The number of carbonyl (C=O) groups is 2. The quantitative estimate of drug-likeness (QED) is 0.733. The van der Waals surface area contributed by atoms with Crippen molar-refractivity contribution in [1.82, 2.24) is 4.90 Å². The summed E-state index contributed by atoms with van der Waals surface area (Å²) in [4.78, 5) is 25.0. The highest BCUT2D eigenvalue weighted by molar-refractivity contribution is 5.78. The normalized spacial score (nSPS) is 12.9. The predicted octanol–water partition coefficient (Wildman–Crippen LogP) is 2.93. The average molecular weight is 371 g/mol. The fourth-order valence-electron chi connectivity index (χ4n) is 2.63. The molecule has 1 amide bonds. The molecule has 2 aromatic carbocycles. The van der Waals surface area contributed by atoms with Crippen LogP contribution >= 0.6 is 0 Å². The van der Waals surface area contributed by atoms with Gasteiger partial charge in [0.1, 0.15) is 5.75 Å². The number of methoxy groups -OCH3 is 1. The highest BCUT2D eigenvalue weighted by Gasteiger charge is 2.18. The average Bonchev–Trinajstić information content (AvgIpc) is 2.70. The number of ether oxygens (including phenoxy) is 2. The summed E-state index contributed by atoms with van der Waals surface area (Å²) < 4.78 is 10.5. The SMILES string of the molecule is CO[C@@H](Cc1ccc(OCC(=O)N(C)[C@@H](C)c2ccccc2)cc1)C(=O)O. The molecule has 0 unspecified atom stereocenters. The van der Waals surface area contributed by atoms with E-state index in [1.807, 2.05) is 37.3 Å². The van der Waals surface area contributed by atoms with Crippen LogP contribution in [0.15, 0.2) is 54.6 Å². The summed E-state index contributed by atoms with van der Waals surface area (Å²) in [6, 6.07) is 16.7. The Kier molecular flexibility index (Phi) is 7.37. The van der Waals surface area contributed by atoms with Crippen LogP contribution < -0.4 is 4.74 Å². The van der Waals surface area contributed by atoms with Crippen LogP contribution in [0, 0.1) is 0 Å². The van der Waals surface area contributed by atoms with Gasteiger partial charge in [-0.25, -0.2) is 4.79 Å². The third kappa shape index (κ3) is 5.82. The van der Waals surface area contributed by atoms with Gasteiger partial charge in [0.05, 0.1) is 6.04 Å². The number of aliphatic carboxylic acids is 1. The number of carboxylic acids is 1. The molecule has 144 valence electrons. The summed E-state index contributed by atoms with van der Waals surface area (Å²) in [5, 5.41) is 9.02. The standard InChI is InChI=1S/C21H25NO5/c1-15(17-7-5-4-6-8-17)22(2)20(23)14-27-18-11-9-16(10-12-18)13-19(26-3)21(24)25/h4-12,15,19H,13-14H2,1-3H3,(H,24,25)/t15-,19-/m0/s1. The van der Waals surface area contributed by atoms with Crippen molar-refractivity contribution in [2.45, 2.75) is 25.5 Å². The zero-order chi connectivity index (χ0) is 19.8. The molecule has 1 N–H and O–H groups in total. The van der Waals surface area contributed by atoms with Crippen molar-refractivity contribution < 1.29 is 24.2 Å². The summed E-state index contributed by atoms with van der Waals surface area (Å²) in [5.74, 6) is -0.572. The molecule has 0 fully saturated rings. The Morgan fingerprint density at radius 3 is 2.26 bits per heavy atom. The molecule has 0 aliphatic carbocycles. The summed E-state index contributed by atoms with van der Waals surface area (Å²) >= 11 is 0. The third-order valence-electron chi connectivity index (χ3n) is 4.52. The number of hydrogen-bond donors (Lipinski definition) is 1. The van der Waals surface area contributed by atoms with Gasteiger partial charge < -0.3 is 19.5 Å². The first-order valence-electron chi connectivity index (χ1n) is 8.70.